The van der Waals surface area contributed by atoms with Gasteiger partial charge in [-0.15, -0.1) is 0 Å². The fourth-order valence-electron chi connectivity index (χ4n) is 2.69. The van der Waals surface area contributed by atoms with Crippen LogP contribution in [0.5, 0.6) is 0 Å². The minimum absolute atomic E-state index is 0.0156. The minimum Gasteiger partial charge on any atom is -0.354 e. The Morgan fingerprint density at radius 1 is 1.50 bits per heavy atom. The summed E-state index contributed by atoms with van der Waals surface area (Å²) in [5.74, 6) is 1.09. The second kappa shape index (κ2) is 5.90. The molecule has 1 atom stereocenters. The Morgan fingerprint density at radius 3 is 2.95 bits per heavy atom. The Morgan fingerprint density at radius 2 is 2.32 bits per heavy atom. The van der Waals surface area contributed by atoms with E-state index >= 15 is 0 Å². The van der Waals surface area contributed by atoms with Crippen LogP contribution in [-0.2, 0) is 17.8 Å². The number of aryl methyl sites for hydroxylation is 1. The number of hydrogen-bond donors (Lipinski definition) is 1. The third-order valence-electron chi connectivity index (χ3n) is 4.43. The number of rotatable bonds is 7. The summed E-state index contributed by atoms with van der Waals surface area (Å²) in [6.07, 6.45) is 10.1. The van der Waals surface area contributed by atoms with Crippen molar-refractivity contribution in [2.75, 3.05) is 6.54 Å². The van der Waals surface area contributed by atoms with Crippen molar-refractivity contribution in [2.24, 2.45) is 5.41 Å². The second-order valence-corrected chi connectivity index (χ2v) is 6.09. The average Bonchev–Trinajstić information content (AvgIpc) is 2.96. The normalized spacial score (nSPS) is 17.2. The van der Waals surface area contributed by atoms with E-state index in [1.54, 1.807) is 11.0 Å². The van der Waals surface area contributed by atoms with E-state index in [1.807, 2.05) is 19.3 Å². The van der Waals surface area contributed by atoms with Gasteiger partial charge in [-0.2, -0.15) is 5.10 Å². The Balaban J connectivity index is 1.56. The van der Waals surface area contributed by atoms with Crippen LogP contribution in [0.2, 0.25) is 0 Å². The summed E-state index contributed by atoms with van der Waals surface area (Å²) < 4.78 is 3.78. The predicted molar refractivity (Wildman–Crippen MR) is 81.0 cm³/mol. The smallest absolute Gasteiger partial charge is 0.244 e. The van der Waals surface area contributed by atoms with Crippen LogP contribution >= 0.6 is 0 Å². The van der Waals surface area contributed by atoms with E-state index in [4.69, 9.17) is 0 Å². The van der Waals surface area contributed by atoms with Gasteiger partial charge in [0.2, 0.25) is 5.91 Å². The van der Waals surface area contributed by atoms with Gasteiger partial charge in [0.05, 0.1) is 0 Å². The highest BCUT2D eigenvalue weighted by Crippen LogP contribution is 2.46. The highest BCUT2D eigenvalue weighted by atomic mass is 16.2. The fourth-order valence-corrected chi connectivity index (χ4v) is 2.69. The first-order valence-electron chi connectivity index (χ1n) is 7.75. The lowest BCUT2D eigenvalue weighted by Crippen LogP contribution is -2.36. The van der Waals surface area contributed by atoms with Gasteiger partial charge >= 0.3 is 0 Å². The number of hydrogen-bond acceptors (Lipinski definition) is 4. The molecule has 0 radical (unpaired) electrons. The van der Waals surface area contributed by atoms with Crippen molar-refractivity contribution >= 4 is 5.91 Å². The number of amides is 1. The molecule has 1 N–H and O–H groups in total. The van der Waals surface area contributed by atoms with Gasteiger partial charge < -0.3 is 9.88 Å². The van der Waals surface area contributed by atoms with Crippen molar-refractivity contribution in [3.8, 4) is 0 Å². The van der Waals surface area contributed by atoms with Crippen LogP contribution in [0.1, 0.15) is 38.6 Å². The molecular weight excluding hydrogens is 280 g/mol. The number of aromatic nitrogens is 5. The van der Waals surface area contributed by atoms with Crippen LogP contribution in [-0.4, -0.2) is 36.8 Å². The molecule has 22 heavy (non-hydrogen) atoms. The topological polar surface area (TPSA) is 77.6 Å². The second-order valence-electron chi connectivity index (χ2n) is 6.09. The van der Waals surface area contributed by atoms with Gasteiger partial charge in [0.1, 0.15) is 24.5 Å². The zero-order valence-corrected chi connectivity index (χ0v) is 13.1. The summed E-state index contributed by atoms with van der Waals surface area (Å²) in [5.41, 5.74) is 0.183. The summed E-state index contributed by atoms with van der Waals surface area (Å²) >= 11 is 0. The maximum atomic E-state index is 12.2. The molecule has 7 nitrogen and oxygen atoms in total. The number of carbonyl (C=O) groups is 1. The van der Waals surface area contributed by atoms with Crippen LogP contribution in [0, 0.1) is 5.41 Å². The lowest BCUT2D eigenvalue weighted by Gasteiger charge is -2.19. The highest BCUT2D eigenvalue weighted by molar-refractivity contribution is 5.79. The van der Waals surface area contributed by atoms with Gasteiger partial charge in [-0.25, -0.2) is 14.6 Å². The van der Waals surface area contributed by atoms with Crippen LogP contribution in [0.25, 0.3) is 0 Å². The largest absolute Gasteiger partial charge is 0.354 e. The molecule has 0 unspecified atom stereocenters. The number of nitrogens with one attached hydrogen (secondary N) is 1. The SMILES string of the molecule is CCc1nccn1CC1(CNC(=O)[C@H](C)n2cncn2)CC1. The van der Waals surface area contributed by atoms with Crippen molar-refractivity contribution in [2.45, 2.75) is 45.7 Å². The van der Waals surface area contributed by atoms with Gasteiger partial charge in [0, 0.05) is 37.3 Å². The first-order valence-corrected chi connectivity index (χ1v) is 7.75. The molecule has 0 bridgehead atoms. The van der Waals surface area contributed by atoms with E-state index in [-0.39, 0.29) is 17.4 Å². The van der Waals surface area contributed by atoms with E-state index in [0.29, 0.717) is 6.54 Å². The predicted octanol–water partition coefficient (Wildman–Crippen LogP) is 1.19. The first-order chi connectivity index (χ1) is 10.6. The molecule has 1 aliphatic carbocycles. The quantitative estimate of drug-likeness (QED) is 0.833. The number of imidazole rings is 1. The average molecular weight is 302 g/mol. The summed E-state index contributed by atoms with van der Waals surface area (Å²) in [4.78, 5) is 20.5. The van der Waals surface area contributed by atoms with Crippen LogP contribution < -0.4 is 5.32 Å². The molecule has 2 aromatic heterocycles. The number of carbonyl (C=O) groups excluding carboxylic acids is 1. The molecule has 1 saturated carbocycles. The molecule has 0 saturated heterocycles. The van der Waals surface area contributed by atoms with Crippen molar-refractivity contribution in [3.63, 3.8) is 0 Å². The first kappa shape index (κ1) is 14.7. The van der Waals surface area contributed by atoms with Crippen molar-refractivity contribution in [1.82, 2.24) is 29.6 Å². The maximum Gasteiger partial charge on any atom is 0.244 e. The molecule has 0 aliphatic heterocycles. The molecule has 1 amide bonds. The van der Waals surface area contributed by atoms with E-state index in [0.717, 1.165) is 31.6 Å². The molecular formula is C15H22N6O. The molecule has 1 fully saturated rings. The fraction of sp³-hybridized carbons (Fsp3) is 0.600. The zero-order chi connectivity index (χ0) is 15.6. The summed E-state index contributed by atoms with van der Waals surface area (Å²) in [7, 11) is 0. The summed E-state index contributed by atoms with van der Waals surface area (Å²) in [6, 6.07) is -0.335. The van der Waals surface area contributed by atoms with E-state index < -0.39 is 0 Å². The molecule has 7 heteroatoms. The van der Waals surface area contributed by atoms with Crippen LogP contribution in [0.15, 0.2) is 25.0 Å². The Hall–Kier alpha value is -2.18. The van der Waals surface area contributed by atoms with E-state index in [9.17, 15) is 4.79 Å². The molecule has 3 rings (SSSR count). The summed E-state index contributed by atoms with van der Waals surface area (Å²) in [6.45, 7) is 5.56. The van der Waals surface area contributed by atoms with Crippen molar-refractivity contribution in [1.29, 1.82) is 0 Å². The molecule has 2 aromatic rings. The van der Waals surface area contributed by atoms with Crippen LogP contribution in [0.3, 0.4) is 0 Å². The monoisotopic (exact) mass is 302 g/mol. The zero-order valence-electron chi connectivity index (χ0n) is 13.1. The Labute approximate surface area is 129 Å². The lowest BCUT2D eigenvalue weighted by atomic mass is 10.1. The number of nitrogens with zero attached hydrogens (tertiary/aromatic N) is 5. The minimum atomic E-state index is -0.335. The van der Waals surface area contributed by atoms with Gasteiger partial charge in [-0.3, -0.25) is 4.79 Å². The lowest BCUT2D eigenvalue weighted by molar-refractivity contribution is -0.124. The van der Waals surface area contributed by atoms with Crippen molar-refractivity contribution < 1.29 is 4.79 Å². The maximum absolute atomic E-state index is 12.2. The molecule has 0 spiro atoms. The van der Waals surface area contributed by atoms with E-state index in [1.165, 1.54) is 6.33 Å². The van der Waals surface area contributed by atoms with Crippen LogP contribution in [0.4, 0.5) is 0 Å². The molecule has 0 aromatic carbocycles. The highest BCUT2D eigenvalue weighted by Gasteiger charge is 2.43. The van der Waals surface area contributed by atoms with Gasteiger partial charge in [0.15, 0.2) is 0 Å². The molecule has 1 aliphatic rings. The standard InChI is InChI=1S/C15H22N6O/c1-3-13-17-6-7-20(13)9-15(4-5-15)8-18-14(22)12(2)21-11-16-10-19-21/h6-7,10-12H,3-5,8-9H2,1-2H3,(H,18,22)/t12-/m0/s1. The third kappa shape index (κ3) is 3.03. The Kier molecular flexibility index (Phi) is 3.96. The molecule has 2 heterocycles. The van der Waals surface area contributed by atoms with Gasteiger partial charge in [-0.1, -0.05) is 6.92 Å². The molecule has 118 valence electrons. The van der Waals surface area contributed by atoms with Gasteiger partial charge in [0.25, 0.3) is 0 Å². The van der Waals surface area contributed by atoms with Gasteiger partial charge in [-0.05, 0) is 19.8 Å². The Bertz CT molecular complexity index is 628. The van der Waals surface area contributed by atoms with E-state index in [2.05, 4.69) is 31.9 Å². The van der Waals surface area contributed by atoms with Crippen molar-refractivity contribution in [3.05, 3.63) is 30.9 Å². The third-order valence-corrected chi connectivity index (χ3v) is 4.43. The summed E-state index contributed by atoms with van der Waals surface area (Å²) in [5, 5.41) is 7.08.